The molecule has 1 heterocycles. The minimum Gasteiger partial charge on any atom is -0.326 e. The second kappa shape index (κ2) is 4.08. The summed E-state index contributed by atoms with van der Waals surface area (Å²) in [7, 11) is 0. The maximum absolute atomic E-state index is 5.97. The summed E-state index contributed by atoms with van der Waals surface area (Å²) in [5, 5.41) is 0. The Morgan fingerprint density at radius 3 is 2.28 bits per heavy atom. The molecule has 1 aromatic heterocycles. The molecule has 1 aromatic rings. The molecule has 0 atom stereocenters. The highest BCUT2D eigenvalue weighted by molar-refractivity contribution is 7.12. The van der Waals surface area contributed by atoms with Crippen molar-refractivity contribution in [2.45, 2.75) is 51.5 Å². The molecule has 0 unspecified atom stereocenters. The quantitative estimate of drug-likeness (QED) is 0.854. The molecule has 0 radical (unpaired) electrons. The predicted octanol–water partition coefficient (Wildman–Crippen LogP) is 4.05. The van der Waals surface area contributed by atoms with Gasteiger partial charge in [0.1, 0.15) is 0 Å². The van der Waals surface area contributed by atoms with Crippen LogP contribution in [0.2, 0.25) is 0 Å². The van der Waals surface area contributed by atoms with E-state index in [4.69, 9.17) is 5.73 Å². The molecule has 0 saturated heterocycles. The third kappa shape index (κ3) is 1.61. The van der Waals surface area contributed by atoms with Crippen molar-refractivity contribution < 1.29 is 0 Å². The molecule has 5 rings (SSSR count). The predicted molar refractivity (Wildman–Crippen MR) is 76.7 cm³/mol. The Kier molecular flexibility index (Phi) is 2.60. The minimum atomic E-state index is 0.747. The van der Waals surface area contributed by atoms with E-state index in [-0.39, 0.29) is 0 Å². The molecule has 4 aliphatic rings. The Bertz CT molecular complexity index is 434. The number of rotatable bonds is 2. The van der Waals surface area contributed by atoms with Gasteiger partial charge in [-0.1, -0.05) is 0 Å². The molecule has 4 bridgehead atoms. The molecule has 0 aliphatic heterocycles. The smallest absolute Gasteiger partial charge is 0.0276 e. The van der Waals surface area contributed by atoms with Gasteiger partial charge >= 0.3 is 0 Å². The van der Waals surface area contributed by atoms with E-state index in [1.165, 1.54) is 35.4 Å². The van der Waals surface area contributed by atoms with E-state index in [0.29, 0.717) is 0 Å². The maximum atomic E-state index is 5.97. The van der Waals surface area contributed by atoms with E-state index in [2.05, 4.69) is 13.0 Å². The first-order chi connectivity index (χ1) is 8.74. The van der Waals surface area contributed by atoms with Gasteiger partial charge in [0.05, 0.1) is 0 Å². The molecular formula is C16H23NS. The highest BCUT2D eigenvalue weighted by Crippen LogP contribution is 2.60. The fourth-order valence-corrected chi connectivity index (χ4v) is 6.43. The molecule has 4 fully saturated rings. The summed E-state index contributed by atoms with van der Waals surface area (Å²) in [5.41, 5.74) is 7.61. The van der Waals surface area contributed by atoms with Crippen LogP contribution in [0.3, 0.4) is 0 Å². The van der Waals surface area contributed by atoms with Gasteiger partial charge in [-0.2, -0.15) is 0 Å². The number of thiophene rings is 1. The van der Waals surface area contributed by atoms with Crippen molar-refractivity contribution in [2.24, 2.45) is 29.4 Å². The van der Waals surface area contributed by atoms with Crippen molar-refractivity contribution in [3.05, 3.63) is 21.4 Å². The van der Waals surface area contributed by atoms with Crippen LogP contribution >= 0.6 is 11.3 Å². The van der Waals surface area contributed by atoms with E-state index < -0.39 is 0 Å². The first-order valence-corrected chi connectivity index (χ1v) is 8.35. The average molecular weight is 261 g/mol. The van der Waals surface area contributed by atoms with Crippen molar-refractivity contribution in [1.29, 1.82) is 0 Å². The van der Waals surface area contributed by atoms with Crippen LogP contribution in [0, 0.1) is 30.6 Å². The lowest BCUT2D eigenvalue weighted by atomic mass is 9.51. The van der Waals surface area contributed by atoms with E-state index in [1.807, 2.05) is 11.3 Å². The van der Waals surface area contributed by atoms with Gasteiger partial charge < -0.3 is 5.73 Å². The number of nitrogens with two attached hydrogens (primary N) is 1. The molecule has 98 valence electrons. The van der Waals surface area contributed by atoms with Crippen LogP contribution in [0.15, 0.2) is 6.07 Å². The second-order valence-electron chi connectivity index (χ2n) is 6.90. The summed E-state index contributed by atoms with van der Waals surface area (Å²) in [4.78, 5) is 2.93. The van der Waals surface area contributed by atoms with Gasteiger partial charge in [-0.3, -0.25) is 0 Å². The normalized spacial score (nSPS) is 41.6. The largest absolute Gasteiger partial charge is 0.326 e. The molecule has 2 heteroatoms. The Morgan fingerprint density at radius 1 is 1.11 bits per heavy atom. The summed E-state index contributed by atoms with van der Waals surface area (Å²) >= 11 is 1.93. The van der Waals surface area contributed by atoms with Crippen LogP contribution in [0.4, 0.5) is 0 Å². The highest BCUT2D eigenvalue weighted by Gasteiger charge is 2.49. The summed E-state index contributed by atoms with van der Waals surface area (Å²) in [6.45, 7) is 2.99. The lowest BCUT2D eigenvalue weighted by Gasteiger charge is -2.54. The van der Waals surface area contributed by atoms with Gasteiger partial charge in [-0.25, -0.2) is 0 Å². The first-order valence-electron chi connectivity index (χ1n) is 7.54. The van der Waals surface area contributed by atoms with Gasteiger partial charge in [0.25, 0.3) is 0 Å². The molecule has 4 saturated carbocycles. The third-order valence-corrected chi connectivity index (χ3v) is 6.82. The Balaban J connectivity index is 1.72. The Labute approximate surface area is 114 Å². The zero-order chi connectivity index (χ0) is 12.3. The summed E-state index contributed by atoms with van der Waals surface area (Å²) in [5.74, 6) is 4.98. The molecule has 4 aliphatic carbocycles. The van der Waals surface area contributed by atoms with Crippen molar-refractivity contribution >= 4 is 11.3 Å². The monoisotopic (exact) mass is 261 g/mol. The highest BCUT2D eigenvalue weighted by atomic mass is 32.1. The molecule has 0 spiro atoms. The van der Waals surface area contributed by atoms with Crippen LogP contribution in [0.5, 0.6) is 0 Å². The van der Waals surface area contributed by atoms with Gasteiger partial charge in [-0.15, -0.1) is 11.3 Å². The van der Waals surface area contributed by atoms with E-state index in [0.717, 1.165) is 36.1 Å². The lowest BCUT2D eigenvalue weighted by Crippen LogP contribution is -2.43. The summed E-state index contributed by atoms with van der Waals surface area (Å²) < 4.78 is 0. The first kappa shape index (κ1) is 11.5. The summed E-state index contributed by atoms with van der Waals surface area (Å²) in [6, 6.07) is 2.46. The zero-order valence-electron chi connectivity index (χ0n) is 11.2. The zero-order valence-corrected chi connectivity index (χ0v) is 12.0. The molecule has 18 heavy (non-hydrogen) atoms. The van der Waals surface area contributed by atoms with Gasteiger partial charge in [0.15, 0.2) is 0 Å². The number of hydrogen-bond acceptors (Lipinski definition) is 2. The minimum absolute atomic E-state index is 0.747. The number of hydrogen-bond donors (Lipinski definition) is 1. The van der Waals surface area contributed by atoms with Crippen LogP contribution < -0.4 is 5.73 Å². The van der Waals surface area contributed by atoms with E-state index >= 15 is 0 Å². The summed E-state index contributed by atoms with van der Waals surface area (Å²) in [6.07, 6.45) is 7.59. The van der Waals surface area contributed by atoms with Crippen LogP contribution in [-0.2, 0) is 6.54 Å². The Hall–Kier alpha value is -0.340. The lowest BCUT2D eigenvalue weighted by molar-refractivity contribution is -0.00289. The molecular weight excluding hydrogens is 238 g/mol. The van der Waals surface area contributed by atoms with Crippen molar-refractivity contribution in [1.82, 2.24) is 0 Å². The maximum Gasteiger partial charge on any atom is 0.0276 e. The molecule has 1 nitrogen and oxygen atoms in total. The molecule has 0 aromatic carbocycles. The standard InChI is InChI=1S/C16H23NS/c1-9-2-14(15(8-17)18-9)16-12-4-10-3-11(6-12)7-13(16)5-10/h2,10-13,16H,3-8,17H2,1H3. The van der Waals surface area contributed by atoms with Crippen LogP contribution in [0.25, 0.3) is 0 Å². The molecule has 0 amide bonds. The fourth-order valence-electron chi connectivity index (χ4n) is 5.46. The van der Waals surface area contributed by atoms with Crippen molar-refractivity contribution in [3.8, 4) is 0 Å². The average Bonchev–Trinajstić information content (AvgIpc) is 2.69. The Morgan fingerprint density at radius 2 is 1.72 bits per heavy atom. The topological polar surface area (TPSA) is 26.0 Å². The van der Waals surface area contributed by atoms with Gasteiger partial charge in [0, 0.05) is 16.3 Å². The van der Waals surface area contributed by atoms with E-state index in [1.54, 1.807) is 12.0 Å². The molecule has 2 N–H and O–H groups in total. The van der Waals surface area contributed by atoms with Gasteiger partial charge in [-0.05, 0) is 80.2 Å². The van der Waals surface area contributed by atoms with Gasteiger partial charge in [0.2, 0.25) is 0 Å². The second-order valence-corrected chi connectivity index (χ2v) is 8.24. The van der Waals surface area contributed by atoms with Crippen molar-refractivity contribution in [2.75, 3.05) is 0 Å². The fraction of sp³-hybridized carbons (Fsp3) is 0.750. The van der Waals surface area contributed by atoms with Crippen molar-refractivity contribution in [3.63, 3.8) is 0 Å². The van der Waals surface area contributed by atoms with Crippen LogP contribution in [0.1, 0.15) is 53.3 Å². The van der Waals surface area contributed by atoms with E-state index in [9.17, 15) is 0 Å². The van der Waals surface area contributed by atoms with Crippen LogP contribution in [-0.4, -0.2) is 0 Å². The number of aryl methyl sites for hydroxylation is 1. The SMILES string of the molecule is Cc1cc(C2C3CC4CC(C3)CC2C4)c(CN)s1. The third-order valence-electron chi connectivity index (χ3n) is 5.74.